The Labute approximate surface area is 244 Å². The molecular formula is C34H32N4O4. The summed E-state index contributed by atoms with van der Waals surface area (Å²) < 4.78 is 14.4. The van der Waals surface area contributed by atoms with E-state index in [4.69, 9.17) is 9.47 Å². The van der Waals surface area contributed by atoms with E-state index in [2.05, 4.69) is 29.5 Å². The van der Waals surface area contributed by atoms with Crippen molar-refractivity contribution in [2.45, 2.75) is 33.0 Å². The zero-order valence-electron chi connectivity index (χ0n) is 23.8. The lowest BCUT2D eigenvalue weighted by Crippen LogP contribution is -2.19. The highest BCUT2D eigenvalue weighted by molar-refractivity contribution is 5.98. The van der Waals surface area contributed by atoms with Crippen LogP contribution in [0.3, 0.4) is 0 Å². The van der Waals surface area contributed by atoms with Crippen LogP contribution < -0.4 is 14.8 Å². The molecule has 4 aromatic carbocycles. The number of benzene rings is 4. The molecule has 8 nitrogen and oxygen atoms in total. The van der Waals surface area contributed by atoms with Gasteiger partial charge in [-0.05, 0) is 28.7 Å². The average molecular weight is 561 g/mol. The third-order valence-electron chi connectivity index (χ3n) is 6.85. The van der Waals surface area contributed by atoms with Crippen LogP contribution in [0.5, 0.6) is 11.5 Å². The zero-order chi connectivity index (χ0) is 29.5. The summed E-state index contributed by atoms with van der Waals surface area (Å²) in [5.41, 5.74) is 5.44. The van der Waals surface area contributed by atoms with Crippen LogP contribution >= 0.6 is 0 Å². The predicted octanol–water partition coefficient (Wildman–Crippen LogP) is 6.39. The molecule has 0 saturated heterocycles. The van der Waals surface area contributed by atoms with Crippen LogP contribution in [-0.2, 0) is 13.2 Å². The minimum Gasteiger partial charge on any atom is -0.488 e. The molecule has 0 aliphatic rings. The molecule has 212 valence electrons. The first kappa shape index (κ1) is 28.3. The number of rotatable bonds is 11. The molecule has 0 fully saturated rings. The highest BCUT2D eigenvalue weighted by atomic mass is 16.5. The SMILES string of the molecule is CNC(=O)c1nnn(-c2cc(C(C)C)c(OCc3ccccc3)cc2OCc2ccccc2)c1-c1ccc(C=O)cc1. The molecule has 0 radical (unpaired) electrons. The van der Waals surface area contributed by atoms with Gasteiger partial charge in [0.05, 0.1) is 0 Å². The third-order valence-corrected chi connectivity index (χ3v) is 6.85. The van der Waals surface area contributed by atoms with Crippen molar-refractivity contribution < 1.29 is 19.1 Å². The quantitative estimate of drug-likeness (QED) is 0.188. The van der Waals surface area contributed by atoms with E-state index in [9.17, 15) is 9.59 Å². The molecule has 1 amide bonds. The Hall–Kier alpha value is -5.24. The van der Waals surface area contributed by atoms with Crippen molar-refractivity contribution in [2.24, 2.45) is 0 Å². The van der Waals surface area contributed by atoms with Gasteiger partial charge in [0.25, 0.3) is 5.91 Å². The number of nitrogens with zero attached hydrogens (tertiary/aromatic N) is 3. The van der Waals surface area contributed by atoms with Gasteiger partial charge >= 0.3 is 0 Å². The summed E-state index contributed by atoms with van der Waals surface area (Å²) in [5, 5.41) is 11.3. The van der Waals surface area contributed by atoms with Gasteiger partial charge in [0.2, 0.25) is 0 Å². The summed E-state index contributed by atoms with van der Waals surface area (Å²) in [5.74, 6) is 0.943. The highest BCUT2D eigenvalue weighted by Gasteiger charge is 2.25. The van der Waals surface area contributed by atoms with Gasteiger partial charge in [-0.25, -0.2) is 4.68 Å². The molecular weight excluding hydrogens is 528 g/mol. The first-order chi connectivity index (χ1) is 20.5. The monoisotopic (exact) mass is 560 g/mol. The van der Waals surface area contributed by atoms with E-state index in [1.165, 1.54) is 0 Å². The first-order valence-corrected chi connectivity index (χ1v) is 13.7. The number of nitrogens with one attached hydrogen (secondary N) is 1. The largest absolute Gasteiger partial charge is 0.488 e. The van der Waals surface area contributed by atoms with Crippen molar-refractivity contribution in [3.63, 3.8) is 0 Å². The summed E-state index contributed by atoms with van der Waals surface area (Å²) >= 11 is 0. The Kier molecular flexibility index (Phi) is 8.72. The fraction of sp³-hybridized carbons (Fsp3) is 0.176. The Bertz CT molecular complexity index is 1660. The smallest absolute Gasteiger partial charge is 0.273 e. The minimum absolute atomic E-state index is 0.106. The Morgan fingerprint density at radius 2 is 1.45 bits per heavy atom. The van der Waals surface area contributed by atoms with E-state index in [1.807, 2.05) is 72.8 Å². The number of ether oxygens (including phenoxy) is 2. The normalized spacial score (nSPS) is 10.9. The van der Waals surface area contributed by atoms with Crippen LogP contribution in [0.4, 0.5) is 0 Å². The lowest BCUT2D eigenvalue weighted by Gasteiger charge is -2.20. The Morgan fingerprint density at radius 3 is 2.00 bits per heavy atom. The number of amides is 1. The van der Waals surface area contributed by atoms with Gasteiger partial charge in [0.15, 0.2) is 5.69 Å². The molecule has 8 heteroatoms. The first-order valence-electron chi connectivity index (χ1n) is 13.7. The van der Waals surface area contributed by atoms with Gasteiger partial charge in [0.1, 0.15) is 42.4 Å². The van der Waals surface area contributed by atoms with Crippen LogP contribution in [0, 0.1) is 0 Å². The maximum Gasteiger partial charge on any atom is 0.273 e. The molecule has 0 spiro atoms. The molecule has 5 rings (SSSR count). The number of hydrogen-bond acceptors (Lipinski definition) is 6. The number of aldehydes is 1. The molecule has 0 bridgehead atoms. The second-order valence-corrected chi connectivity index (χ2v) is 10.1. The summed E-state index contributed by atoms with van der Waals surface area (Å²) in [4.78, 5) is 24.2. The molecule has 1 heterocycles. The topological polar surface area (TPSA) is 95.3 Å². The van der Waals surface area contributed by atoms with Gasteiger partial charge in [0, 0.05) is 24.2 Å². The standard InChI is InChI=1S/C34H32N4O4/c1-23(2)28-18-29(38-33(32(36-37-38)34(40)35-3)27-16-14-24(20-39)15-17-27)31(42-22-26-12-8-5-9-13-26)19-30(28)41-21-25-10-6-4-7-11-25/h4-20,23H,21-22H2,1-3H3,(H,35,40). The van der Waals surface area contributed by atoms with Crippen LogP contribution in [0.2, 0.25) is 0 Å². The van der Waals surface area contributed by atoms with E-state index >= 15 is 0 Å². The summed E-state index contributed by atoms with van der Waals surface area (Å²) in [6, 6.07) is 30.7. The number of hydrogen-bond donors (Lipinski definition) is 1. The second-order valence-electron chi connectivity index (χ2n) is 10.1. The lowest BCUT2D eigenvalue weighted by molar-refractivity contribution is 0.0958. The van der Waals surface area contributed by atoms with E-state index in [0.29, 0.717) is 47.2 Å². The Morgan fingerprint density at radius 1 is 0.857 bits per heavy atom. The lowest BCUT2D eigenvalue weighted by atomic mass is 10.00. The number of aromatic nitrogens is 3. The van der Waals surface area contributed by atoms with Crippen molar-refractivity contribution in [1.29, 1.82) is 0 Å². The number of carbonyl (C=O) groups excluding carboxylic acids is 2. The molecule has 0 aliphatic heterocycles. The molecule has 0 aliphatic carbocycles. The molecule has 0 atom stereocenters. The van der Waals surface area contributed by atoms with Crippen LogP contribution in [0.25, 0.3) is 16.9 Å². The van der Waals surface area contributed by atoms with Crippen molar-refractivity contribution in [3.05, 3.63) is 125 Å². The summed E-state index contributed by atoms with van der Waals surface area (Å²) in [6.45, 7) is 4.90. The second kappa shape index (κ2) is 13.0. The van der Waals surface area contributed by atoms with Gasteiger partial charge in [-0.3, -0.25) is 9.59 Å². The van der Waals surface area contributed by atoms with Crippen LogP contribution in [-0.4, -0.2) is 34.2 Å². The molecule has 0 saturated carbocycles. The highest BCUT2D eigenvalue weighted by Crippen LogP contribution is 2.38. The fourth-order valence-corrected chi connectivity index (χ4v) is 4.59. The molecule has 0 unspecified atom stereocenters. The number of carbonyl (C=O) groups is 2. The fourth-order valence-electron chi connectivity index (χ4n) is 4.59. The van der Waals surface area contributed by atoms with E-state index in [-0.39, 0.29) is 17.5 Å². The average Bonchev–Trinajstić information content (AvgIpc) is 3.48. The van der Waals surface area contributed by atoms with Crippen molar-refractivity contribution in [1.82, 2.24) is 20.3 Å². The zero-order valence-corrected chi connectivity index (χ0v) is 23.8. The van der Waals surface area contributed by atoms with E-state index in [0.717, 1.165) is 23.0 Å². The predicted molar refractivity (Wildman–Crippen MR) is 161 cm³/mol. The summed E-state index contributed by atoms with van der Waals surface area (Å²) in [6.07, 6.45) is 0.775. The van der Waals surface area contributed by atoms with Crippen molar-refractivity contribution in [3.8, 4) is 28.4 Å². The van der Waals surface area contributed by atoms with Gasteiger partial charge in [-0.2, -0.15) is 0 Å². The molecule has 42 heavy (non-hydrogen) atoms. The van der Waals surface area contributed by atoms with Crippen molar-refractivity contribution in [2.75, 3.05) is 7.05 Å². The van der Waals surface area contributed by atoms with Crippen LogP contribution in [0.15, 0.2) is 97.1 Å². The van der Waals surface area contributed by atoms with Gasteiger partial charge in [-0.1, -0.05) is 104 Å². The van der Waals surface area contributed by atoms with E-state index in [1.54, 1.807) is 36.0 Å². The molecule has 1 aromatic heterocycles. The third kappa shape index (κ3) is 6.23. The molecule has 5 aromatic rings. The van der Waals surface area contributed by atoms with Gasteiger partial charge < -0.3 is 14.8 Å². The van der Waals surface area contributed by atoms with Crippen LogP contribution in [0.1, 0.15) is 57.3 Å². The van der Waals surface area contributed by atoms with Gasteiger partial charge in [-0.15, -0.1) is 5.10 Å². The maximum atomic E-state index is 12.9. The Balaban J connectivity index is 1.66. The maximum absolute atomic E-state index is 12.9. The van der Waals surface area contributed by atoms with E-state index < -0.39 is 0 Å². The van der Waals surface area contributed by atoms with Crippen molar-refractivity contribution >= 4 is 12.2 Å². The minimum atomic E-state index is -0.380. The summed E-state index contributed by atoms with van der Waals surface area (Å²) in [7, 11) is 1.55. The molecule has 1 N–H and O–H groups in total.